The van der Waals surface area contributed by atoms with Crippen LogP contribution in [0.5, 0.6) is 11.5 Å². The van der Waals surface area contributed by atoms with E-state index in [0.29, 0.717) is 28.8 Å². The molecule has 1 amide bonds. The quantitative estimate of drug-likeness (QED) is 0.299. The number of halogens is 1. The fourth-order valence-electron chi connectivity index (χ4n) is 3.48. The van der Waals surface area contributed by atoms with Gasteiger partial charge in [0.15, 0.2) is 22.5 Å². The highest BCUT2D eigenvalue weighted by molar-refractivity contribution is 7.99. The highest BCUT2D eigenvalue weighted by atomic mass is 32.2. The van der Waals surface area contributed by atoms with E-state index in [1.807, 2.05) is 41.0 Å². The Hall–Kier alpha value is -3.79. The molecule has 0 N–H and O–H groups in total. The number of carbonyl (C=O) groups is 1. The highest BCUT2D eigenvalue weighted by Gasteiger charge is 2.19. The van der Waals surface area contributed by atoms with Crippen molar-refractivity contribution in [3.05, 3.63) is 78.0 Å². The third kappa shape index (κ3) is 5.83. The van der Waals surface area contributed by atoms with Crippen LogP contribution in [0.25, 0.3) is 11.4 Å². The van der Waals surface area contributed by atoms with Crippen molar-refractivity contribution >= 4 is 17.7 Å². The summed E-state index contributed by atoms with van der Waals surface area (Å²) in [6.07, 6.45) is 1.61. The zero-order valence-corrected chi connectivity index (χ0v) is 20.4. The van der Waals surface area contributed by atoms with Crippen LogP contribution in [-0.4, -0.2) is 52.6 Å². The maximum absolute atomic E-state index is 14.0. The van der Waals surface area contributed by atoms with E-state index >= 15 is 0 Å². The SMILES string of the molecule is COc1cccc(-c2nnc(SCC(=O)N(C)Cc3ccc(OC)c(F)c3)n2Cc2ccco2)c1. The topological polar surface area (TPSA) is 82.6 Å². The number of ether oxygens (including phenoxy) is 2. The number of furan rings is 1. The molecule has 8 nitrogen and oxygen atoms in total. The largest absolute Gasteiger partial charge is 0.497 e. The molecular weight excluding hydrogens is 471 g/mol. The molecule has 0 atom stereocenters. The number of hydrogen-bond acceptors (Lipinski definition) is 7. The molecule has 0 saturated carbocycles. The molecule has 2 aromatic carbocycles. The van der Waals surface area contributed by atoms with Crippen molar-refractivity contribution in [2.45, 2.75) is 18.2 Å². The second-order valence-corrected chi connectivity index (χ2v) is 8.65. The molecule has 2 heterocycles. The molecule has 0 fully saturated rings. The lowest BCUT2D eigenvalue weighted by molar-refractivity contribution is -0.127. The number of methoxy groups -OCH3 is 2. The van der Waals surface area contributed by atoms with Gasteiger partial charge in [0, 0.05) is 19.2 Å². The first-order valence-corrected chi connectivity index (χ1v) is 11.8. The summed E-state index contributed by atoms with van der Waals surface area (Å²) in [6.45, 7) is 0.679. The number of nitrogens with zero attached hydrogens (tertiary/aromatic N) is 4. The molecule has 182 valence electrons. The van der Waals surface area contributed by atoms with Gasteiger partial charge in [0.25, 0.3) is 0 Å². The zero-order valence-electron chi connectivity index (χ0n) is 19.6. The summed E-state index contributed by atoms with van der Waals surface area (Å²) in [5.41, 5.74) is 1.51. The lowest BCUT2D eigenvalue weighted by Gasteiger charge is -2.17. The lowest BCUT2D eigenvalue weighted by Crippen LogP contribution is -2.28. The molecule has 0 saturated heterocycles. The van der Waals surface area contributed by atoms with Crippen LogP contribution < -0.4 is 9.47 Å². The third-order valence-electron chi connectivity index (χ3n) is 5.33. The Morgan fingerprint density at radius 2 is 1.97 bits per heavy atom. The van der Waals surface area contributed by atoms with Gasteiger partial charge in [-0.25, -0.2) is 4.39 Å². The Kier molecular flexibility index (Phi) is 7.71. The smallest absolute Gasteiger partial charge is 0.233 e. The van der Waals surface area contributed by atoms with Crippen LogP contribution >= 0.6 is 11.8 Å². The standard InChI is InChI=1S/C25H25FN4O4S/c1-29(14-17-9-10-22(33-3)21(26)12-17)23(31)16-35-25-28-27-24(18-6-4-7-19(13-18)32-2)30(25)15-20-8-5-11-34-20/h4-13H,14-16H2,1-3H3. The Balaban J connectivity index is 1.49. The van der Waals surface area contributed by atoms with E-state index in [1.54, 1.807) is 37.5 Å². The number of thioether (sulfide) groups is 1. The number of carbonyl (C=O) groups excluding carboxylic acids is 1. The van der Waals surface area contributed by atoms with Gasteiger partial charge < -0.3 is 18.8 Å². The van der Waals surface area contributed by atoms with Gasteiger partial charge in [-0.15, -0.1) is 10.2 Å². The average Bonchev–Trinajstić information content (AvgIpc) is 3.53. The predicted octanol–water partition coefficient (Wildman–Crippen LogP) is 4.49. The van der Waals surface area contributed by atoms with E-state index in [4.69, 9.17) is 13.9 Å². The summed E-state index contributed by atoms with van der Waals surface area (Å²) in [5.74, 6) is 1.80. The summed E-state index contributed by atoms with van der Waals surface area (Å²) < 4.78 is 31.7. The molecule has 0 aliphatic rings. The monoisotopic (exact) mass is 496 g/mol. The van der Waals surface area contributed by atoms with Crippen LogP contribution in [0.1, 0.15) is 11.3 Å². The Morgan fingerprint density at radius 1 is 1.11 bits per heavy atom. The minimum atomic E-state index is -0.462. The normalized spacial score (nSPS) is 10.9. The van der Waals surface area contributed by atoms with Gasteiger partial charge in [0.2, 0.25) is 5.91 Å². The first-order chi connectivity index (χ1) is 17.0. The molecule has 2 aromatic heterocycles. The van der Waals surface area contributed by atoms with Crippen molar-refractivity contribution in [3.8, 4) is 22.9 Å². The molecule has 0 spiro atoms. The molecule has 10 heteroatoms. The molecule has 0 bridgehead atoms. The van der Waals surface area contributed by atoms with E-state index in [2.05, 4.69) is 10.2 Å². The maximum atomic E-state index is 14.0. The Labute approximate surface area is 206 Å². The van der Waals surface area contributed by atoms with Crippen molar-refractivity contribution in [2.24, 2.45) is 0 Å². The van der Waals surface area contributed by atoms with Crippen molar-refractivity contribution in [2.75, 3.05) is 27.0 Å². The second-order valence-electron chi connectivity index (χ2n) is 7.71. The predicted molar refractivity (Wildman–Crippen MR) is 130 cm³/mol. The minimum Gasteiger partial charge on any atom is -0.497 e. The van der Waals surface area contributed by atoms with E-state index in [0.717, 1.165) is 11.3 Å². The number of rotatable bonds is 10. The van der Waals surface area contributed by atoms with E-state index in [-0.39, 0.29) is 24.0 Å². The van der Waals surface area contributed by atoms with Gasteiger partial charge in [-0.3, -0.25) is 9.36 Å². The molecule has 0 aliphatic heterocycles. The van der Waals surface area contributed by atoms with E-state index < -0.39 is 5.82 Å². The fraction of sp³-hybridized carbons (Fsp3) is 0.240. The zero-order chi connectivity index (χ0) is 24.8. The summed E-state index contributed by atoms with van der Waals surface area (Å²) in [7, 11) is 4.70. The van der Waals surface area contributed by atoms with E-state index in [1.165, 1.54) is 24.9 Å². The number of benzene rings is 2. The fourth-order valence-corrected chi connectivity index (χ4v) is 4.36. The van der Waals surface area contributed by atoms with Crippen LogP contribution in [0.15, 0.2) is 70.4 Å². The lowest BCUT2D eigenvalue weighted by atomic mass is 10.2. The van der Waals surface area contributed by atoms with Gasteiger partial charge in [-0.2, -0.15) is 0 Å². The van der Waals surface area contributed by atoms with Crippen LogP contribution in [0.4, 0.5) is 4.39 Å². The summed E-state index contributed by atoms with van der Waals surface area (Å²) in [5, 5.41) is 9.29. The number of hydrogen-bond donors (Lipinski definition) is 0. The van der Waals surface area contributed by atoms with Crippen LogP contribution in [0.3, 0.4) is 0 Å². The maximum Gasteiger partial charge on any atom is 0.233 e. The first kappa shape index (κ1) is 24.3. The van der Waals surface area contributed by atoms with Crippen molar-refractivity contribution < 1.29 is 23.1 Å². The molecule has 0 unspecified atom stereocenters. The number of amides is 1. The van der Waals surface area contributed by atoms with Gasteiger partial charge in [0.05, 0.1) is 32.8 Å². The molecule has 0 aliphatic carbocycles. The van der Waals surface area contributed by atoms with Crippen LogP contribution in [0.2, 0.25) is 0 Å². The molecule has 4 aromatic rings. The Bertz CT molecular complexity index is 1290. The molecular formula is C25H25FN4O4S. The number of aromatic nitrogens is 3. The first-order valence-electron chi connectivity index (χ1n) is 10.8. The third-order valence-corrected chi connectivity index (χ3v) is 6.28. The molecule has 4 rings (SSSR count). The van der Waals surface area contributed by atoms with E-state index in [9.17, 15) is 9.18 Å². The average molecular weight is 497 g/mol. The van der Waals surface area contributed by atoms with Gasteiger partial charge in [-0.1, -0.05) is 30.0 Å². The van der Waals surface area contributed by atoms with Crippen molar-refractivity contribution in [3.63, 3.8) is 0 Å². The summed E-state index contributed by atoms with van der Waals surface area (Å²) in [6, 6.07) is 15.9. The van der Waals surface area contributed by atoms with Crippen LogP contribution in [-0.2, 0) is 17.9 Å². The van der Waals surface area contributed by atoms with Crippen molar-refractivity contribution in [1.82, 2.24) is 19.7 Å². The Morgan fingerprint density at radius 3 is 2.69 bits per heavy atom. The minimum absolute atomic E-state index is 0.123. The summed E-state index contributed by atoms with van der Waals surface area (Å²) in [4.78, 5) is 14.4. The highest BCUT2D eigenvalue weighted by Crippen LogP contribution is 2.28. The van der Waals surface area contributed by atoms with Crippen LogP contribution in [0, 0.1) is 5.82 Å². The molecule has 0 radical (unpaired) electrons. The van der Waals surface area contributed by atoms with Gasteiger partial charge >= 0.3 is 0 Å². The second kappa shape index (κ2) is 11.1. The summed E-state index contributed by atoms with van der Waals surface area (Å²) >= 11 is 1.28. The van der Waals surface area contributed by atoms with Crippen molar-refractivity contribution in [1.29, 1.82) is 0 Å². The van der Waals surface area contributed by atoms with Gasteiger partial charge in [-0.05, 0) is 42.0 Å². The van der Waals surface area contributed by atoms with Gasteiger partial charge in [0.1, 0.15) is 11.5 Å². The molecule has 35 heavy (non-hydrogen) atoms.